The van der Waals surface area contributed by atoms with Crippen LogP contribution in [0.1, 0.15) is 0 Å². The summed E-state index contributed by atoms with van der Waals surface area (Å²) in [4.78, 5) is 0. The first-order chi connectivity index (χ1) is 1.41. The van der Waals surface area contributed by atoms with Crippen LogP contribution in [0.3, 0.4) is 0 Å². The van der Waals surface area contributed by atoms with Gasteiger partial charge in [-0.1, -0.05) is 0 Å². The number of halogens is 7. The molecule has 2 nitrogen and oxygen atoms in total. The van der Waals surface area contributed by atoms with Crippen molar-refractivity contribution in [3.05, 3.63) is 0 Å². The Hall–Kier alpha value is 2.57. The molecule has 0 spiro atoms. The van der Waals surface area contributed by atoms with Crippen molar-refractivity contribution < 1.29 is 26.1 Å². The first kappa shape index (κ1) is 80.5. The molecule has 10 heteroatoms. The van der Waals surface area contributed by atoms with Crippen molar-refractivity contribution in [1.82, 2.24) is 0 Å². The van der Waals surface area contributed by atoms with Crippen molar-refractivity contribution in [3.63, 3.8) is 0 Å². The van der Waals surface area contributed by atoms with Gasteiger partial charge in [-0.25, -0.2) is 0 Å². The number of rotatable bonds is 0. The van der Waals surface area contributed by atoms with Crippen LogP contribution in [0.4, 0.5) is 0 Å². The fourth-order valence-electron chi connectivity index (χ4n) is 0. The van der Waals surface area contributed by atoms with E-state index in [-0.39, 0.29) is 73.0 Å². The Morgan fingerprint density at radius 2 is 0.600 bits per heavy atom. The maximum atomic E-state index is 4.95. The topological polar surface area (TPSA) is 63.0 Å². The van der Waals surface area contributed by atoms with E-state index in [9.17, 15) is 0 Å². The summed E-state index contributed by atoms with van der Waals surface area (Å²) in [7, 11) is 9.90. The van der Waals surface area contributed by atoms with Crippen LogP contribution in [-0.2, 0) is 15.1 Å². The van der Waals surface area contributed by atoms with Gasteiger partial charge in [-0.3, -0.25) is 0 Å². The quantitative estimate of drug-likeness (QED) is 0.596. The van der Waals surface area contributed by atoms with Crippen molar-refractivity contribution in [2.45, 2.75) is 0 Å². The van der Waals surface area contributed by atoms with Crippen molar-refractivity contribution in [1.29, 1.82) is 0 Å². The van der Waals surface area contributed by atoms with Crippen LogP contribution >= 0.6 is 81.4 Å². The Balaban J connectivity index is -0.000000000952. The van der Waals surface area contributed by atoms with Gasteiger partial charge in [0, 0.05) is 0 Å². The zero-order valence-corrected chi connectivity index (χ0v) is 13.1. The molecule has 0 saturated heterocycles. The van der Waals surface area contributed by atoms with E-state index in [4.69, 9.17) is 19.4 Å². The zero-order chi connectivity index (χ0) is 2.71. The molecule has 0 unspecified atom stereocenters. The molecular weight excluding hydrogens is 346 g/mol. The summed E-state index contributed by atoms with van der Waals surface area (Å²) in [6, 6.07) is 0. The third-order valence-corrected chi connectivity index (χ3v) is 0. The minimum absolute atomic E-state index is 0. The molecule has 0 aromatic rings. The Bertz CT molecular complexity index is 11.6. The summed E-state index contributed by atoms with van der Waals surface area (Å²) in [5, 5.41) is 0. The third kappa shape index (κ3) is 146. The van der Waals surface area contributed by atoms with Gasteiger partial charge in [-0.05, 0) is 0 Å². The van der Waals surface area contributed by atoms with E-state index in [1.165, 1.54) is 0 Å². The molecule has 0 aromatic heterocycles. The van der Waals surface area contributed by atoms with Crippen LogP contribution in [0, 0.1) is 0 Å². The summed E-state index contributed by atoms with van der Waals surface area (Å²) in [5.74, 6) is 0. The van der Waals surface area contributed by atoms with E-state index in [1.807, 2.05) is 0 Å². The number of hydrogen-bond acceptors (Lipinski definition) is 0. The van der Waals surface area contributed by atoms with Crippen molar-refractivity contribution in [2.75, 3.05) is 0 Å². The molecule has 0 rings (SSSR count). The second-order valence-electron chi connectivity index (χ2n) is 0.101. The molecule has 0 aromatic carbocycles. The molecule has 0 amide bonds. The standard InChI is InChI=1S/7ClH.2H2O.Zn/h7*1H;2*1H2;/q;;;;;;;;;+2/p-2. The molecule has 0 radical (unpaired) electrons. The molecule has 0 saturated carbocycles. The van der Waals surface area contributed by atoms with Gasteiger partial charge in [0.15, 0.2) is 0 Å². The van der Waals surface area contributed by atoms with Gasteiger partial charge < -0.3 is 11.0 Å². The van der Waals surface area contributed by atoms with Gasteiger partial charge in [0.25, 0.3) is 0 Å². The molecule has 0 aliphatic heterocycles. The SMILES string of the molecule is Cl.Cl.Cl.Cl.Cl.O.O.[Cl][Zn][Cl]. The van der Waals surface area contributed by atoms with Crippen LogP contribution < -0.4 is 0 Å². The van der Waals surface area contributed by atoms with E-state index in [2.05, 4.69) is 0 Å². The van der Waals surface area contributed by atoms with E-state index in [0.29, 0.717) is 0 Å². The van der Waals surface area contributed by atoms with E-state index in [0.717, 1.165) is 0 Å². The third-order valence-electron chi connectivity index (χ3n) is 0. The normalized spacial score (nSPS) is 1.00. The Morgan fingerprint density at radius 1 is 0.600 bits per heavy atom. The molecule has 0 bridgehead atoms. The predicted octanol–water partition coefficient (Wildman–Crippen LogP) is 1.84. The fraction of sp³-hybridized carbons (Fsp3) is 0. The first-order valence-electron chi connectivity index (χ1n) is 0.535. The summed E-state index contributed by atoms with van der Waals surface area (Å²) >= 11 is -0.931. The summed E-state index contributed by atoms with van der Waals surface area (Å²) in [5.41, 5.74) is 0. The fourth-order valence-corrected chi connectivity index (χ4v) is 0. The van der Waals surface area contributed by atoms with E-state index >= 15 is 0 Å². The molecule has 72 valence electrons. The Labute approximate surface area is 107 Å². The van der Waals surface area contributed by atoms with E-state index < -0.39 is 15.1 Å². The maximum absolute atomic E-state index is 4.95. The van der Waals surface area contributed by atoms with Gasteiger partial charge in [0.1, 0.15) is 0 Å². The summed E-state index contributed by atoms with van der Waals surface area (Å²) in [6.45, 7) is 0. The molecule has 0 aliphatic carbocycles. The second-order valence-corrected chi connectivity index (χ2v) is 4.72. The zero-order valence-electron chi connectivity index (χ0n) is 4.50. The monoisotopic (exact) mass is 350 g/mol. The van der Waals surface area contributed by atoms with Gasteiger partial charge in [0.05, 0.1) is 0 Å². The molecular formula is H9Cl7O2Zn. The van der Waals surface area contributed by atoms with Crippen LogP contribution in [0.5, 0.6) is 0 Å². The molecule has 0 fully saturated rings. The predicted molar refractivity (Wildman–Crippen MR) is 55.2 cm³/mol. The average Bonchev–Trinajstić information content (AvgIpc) is 0.918. The number of hydrogen-bond donors (Lipinski definition) is 0. The summed E-state index contributed by atoms with van der Waals surface area (Å²) < 4.78 is 0. The van der Waals surface area contributed by atoms with Gasteiger partial charge in [-0.2, -0.15) is 0 Å². The first-order valence-corrected chi connectivity index (χ1v) is 8.33. The molecule has 4 N–H and O–H groups in total. The second kappa shape index (κ2) is 101. The van der Waals surface area contributed by atoms with Crippen molar-refractivity contribution >= 4 is 81.4 Å². The molecule has 10 heavy (non-hydrogen) atoms. The van der Waals surface area contributed by atoms with Crippen LogP contribution in [0.25, 0.3) is 0 Å². The van der Waals surface area contributed by atoms with Crippen LogP contribution in [-0.4, -0.2) is 11.0 Å². The van der Waals surface area contributed by atoms with E-state index in [1.54, 1.807) is 0 Å². The Morgan fingerprint density at radius 3 is 0.600 bits per heavy atom. The van der Waals surface area contributed by atoms with Crippen LogP contribution in [0.2, 0.25) is 0 Å². The van der Waals surface area contributed by atoms with Gasteiger partial charge >= 0.3 is 34.5 Å². The van der Waals surface area contributed by atoms with Gasteiger partial charge in [-0.15, -0.1) is 62.0 Å². The Kier molecular flexibility index (Phi) is 816. The average molecular weight is 355 g/mol. The van der Waals surface area contributed by atoms with Crippen molar-refractivity contribution in [2.24, 2.45) is 0 Å². The minimum atomic E-state index is -0.931. The van der Waals surface area contributed by atoms with Crippen molar-refractivity contribution in [3.8, 4) is 0 Å². The van der Waals surface area contributed by atoms with Gasteiger partial charge in [0.2, 0.25) is 0 Å². The molecule has 0 aliphatic rings. The molecule has 0 atom stereocenters. The summed E-state index contributed by atoms with van der Waals surface area (Å²) in [6.07, 6.45) is 0. The molecule has 0 heterocycles. The van der Waals surface area contributed by atoms with Crippen LogP contribution in [0.15, 0.2) is 0 Å².